The first kappa shape index (κ1) is 19.7. The predicted octanol–water partition coefficient (Wildman–Crippen LogP) is 6.14. The molecule has 31 heavy (non-hydrogen) atoms. The highest BCUT2D eigenvalue weighted by atomic mass is 19.1. The van der Waals surface area contributed by atoms with E-state index in [2.05, 4.69) is 0 Å². The zero-order chi connectivity index (χ0) is 21.8. The van der Waals surface area contributed by atoms with Crippen molar-refractivity contribution in [1.82, 2.24) is 0 Å². The highest BCUT2D eigenvalue weighted by molar-refractivity contribution is 6.08. The van der Waals surface area contributed by atoms with E-state index in [4.69, 9.17) is 0 Å². The number of halogens is 1. The van der Waals surface area contributed by atoms with Gasteiger partial charge in [-0.1, -0.05) is 68.4 Å². The average molecular weight is 413 g/mol. The second-order valence-electron chi connectivity index (χ2n) is 9.31. The molecule has 4 heteroatoms. The predicted molar refractivity (Wildman–Crippen MR) is 120 cm³/mol. The van der Waals surface area contributed by atoms with Crippen LogP contribution in [0.3, 0.4) is 0 Å². The number of allylic oxidation sites excluding steroid dienone is 2. The molecule has 1 amide bonds. The molecule has 3 aromatic rings. The molecular formula is C27H24FNO2. The molecule has 3 aromatic carbocycles. The Morgan fingerprint density at radius 3 is 2.42 bits per heavy atom. The molecule has 1 unspecified atom stereocenters. The zero-order valence-corrected chi connectivity index (χ0v) is 17.7. The molecule has 1 heterocycles. The fourth-order valence-corrected chi connectivity index (χ4v) is 5.15. The number of benzene rings is 3. The summed E-state index contributed by atoms with van der Waals surface area (Å²) in [5.74, 6) is -0.896. The minimum absolute atomic E-state index is 0.0537. The van der Waals surface area contributed by atoms with Crippen molar-refractivity contribution >= 4 is 28.2 Å². The van der Waals surface area contributed by atoms with Gasteiger partial charge in [-0.3, -0.25) is 14.5 Å². The number of hydrogen-bond donors (Lipinski definition) is 0. The van der Waals surface area contributed by atoms with Crippen LogP contribution >= 0.6 is 0 Å². The molecule has 0 N–H and O–H groups in total. The lowest BCUT2D eigenvalue weighted by atomic mass is 9.69. The van der Waals surface area contributed by atoms with Gasteiger partial charge in [0.25, 0.3) is 0 Å². The van der Waals surface area contributed by atoms with E-state index in [-0.39, 0.29) is 35.1 Å². The molecule has 0 saturated carbocycles. The molecule has 0 fully saturated rings. The van der Waals surface area contributed by atoms with E-state index < -0.39 is 5.82 Å². The quantitative estimate of drug-likeness (QED) is 0.506. The van der Waals surface area contributed by atoms with E-state index in [0.717, 1.165) is 16.3 Å². The molecule has 0 radical (unpaired) electrons. The smallest absolute Gasteiger partial charge is 0.232 e. The summed E-state index contributed by atoms with van der Waals surface area (Å²) in [6.45, 7) is 4.06. The molecule has 1 aliphatic heterocycles. The Hall–Kier alpha value is -3.27. The number of rotatable bonds is 2. The summed E-state index contributed by atoms with van der Waals surface area (Å²) in [6.07, 6.45) is 1.12. The Balaban J connectivity index is 1.76. The number of carbonyl (C=O) groups is 2. The van der Waals surface area contributed by atoms with E-state index in [1.54, 1.807) is 18.2 Å². The Morgan fingerprint density at radius 2 is 1.61 bits per heavy atom. The Morgan fingerprint density at radius 1 is 0.903 bits per heavy atom. The van der Waals surface area contributed by atoms with Crippen LogP contribution in [0.4, 0.5) is 10.1 Å². The minimum atomic E-state index is -0.456. The first-order valence-electron chi connectivity index (χ1n) is 10.7. The van der Waals surface area contributed by atoms with Crippen LogP contribution < -0.4 is 4.90 Å². The van der Waals surface area contributed by atoms with Gasteiger partial charge in [-0.15, -0.1) is 0 Å². The lowest BCUT2D eigenvalue weighted by Crippen LogP contribution is -2.44. The van der Waals surface area contributed by atoms with Crippen LogP contribution in [0.15, 0.2) is 78.0 Å². The summed E-state index contributed by atoms with van der Waals surface area (Å²) in [5, 5.41) is 2.13. The summed E-state index contributed by atoms with van der Waals surface area (Å²) >= 11 is 0. The second kappa shape index (κ2) is 7.16. The van der Waals surface area contributed by atoms with Gasteiger partial charge in [0.2, 0.25) is 5.91 Å². The number of ketones is 1. The van der Waals surface area contributed by atoms with Crippen LogP contribution in [0.5, 0.6) is 0 Å². The molecule has 3 nitrogen and oxygen atoms in total. The molecule has 0 aromatic heterocycles. The van der Waals surface area contributed by atoms with E-state index in [0.29, 0.717) is 24.1 Å². The molecule has 1 atom stereocenters. The number of nitrogens with zero attached hydrogens (tertiary/aromatic N) is 1. The molecule has 2 aliphatic rings. The highest BCUT2D eigenvalue weighted by Crippen LogP contribution is 2.49. The van der Waals surface area contributed by atoms with Crippen molar-refractivity contribution in [2.75, 3.05) is 4.90 Å². The Kier molecular flexibility index (Phi) is 4.54. The maximum absolute atomic E-state index is 14.7. The summed E-state index contributed by atoms with van der Waals surface area (Å²) in [7, 11) is 0. The molecule has 156 valence electrons. The van der Waals surface area contributed by atoms with Gasteiger partial charge < -0.3 is 0 Å². The molecule has 5 rings (SSSR count). The van der Waals surface area contributed by atoms with Crippen LogP contribution in [0.2, 0.25) is 0 Å². The van der Waals surface area contributed by atoms with Crippen molar-refractivity contribution in [3.05, 3.63) is 89.4 Å². The fraction of sp³-hybridized carbons (Fsp3) is 0.259. The maximum atomic E-state index is 14.7. The monoisotopic (exact) mass is 413 g/mol. The summed E-state index contributed by atoms with van der Waals surface area (Å²) in [4.78, 5) is 28.4. The maximum Gasteiger partial charge on any atom is 0.232 e. The summed E-state index contributed by atoms with van der Waals surface area (Å²) < 4.78 is 14.7. The lowest BCUT2D eigenvalue weighted by Gasteiger charge is -2.43. The average Bonchev–Trinajstić information content (AvgIpc) is 2.73. The van der Waals surface area contributed by atoms with E-state index in [9.17, 15) is 14.0 Å². The molecule has 0 spiro atoms. The third kappa shape index (κ3) is 3.27. The largest absolute Gasteiger partial charge is 0.294 e. The van der Waals surface area contributed by atoms with Crippen molar-refractivity contribution in [1.29, 1.82) is 0 Å². The van der Waals surface area contributed by atoms with Crippen LogP contribution in [-0.4, -0.2) is 11.7 Å². The van der Waals surface area contributed by atoms with Gasteiger partial charge in [-0.05, 0) is 40.3 Å². The number of fused-ring (bicyclic) bond motifs is 1. The molecule has 0 saturated heterocycles. The molecule has 1 aliphatic carbocycles. The first-order chi connectivity index (χ1) is 14.9. The van der Waals surface area contributed by atoms with Gasteiger partial charge in [0, 0.05) is 30.0 Å². The number of hydrogen-bond acceptors (Lipinski definition) is 2. The normalized spacial score (nSPS) is 20.9. The first-order valence-corrected chi connectivity index (χ1v) is 10.7. The number of Topliss-reactive ketones (excluding diaryl/α,β-unsaturated/α-hetero) is 1. The van der Waals surface area contributed by atoms with Gasteiger partial charge in [0.15, 0.2) is 5.78 Å². The lowest BCUT2D eigenvalue weighted by molar-refractivity contribution is -0.121. The van der Waals surface area contributed by atoms with Gasteiger partial charge in [-0.25, -0.2) is 4.39 Å². The molecule has 0 bridgehead atoms. The van der Waals surface area contributed by atoms with Crippen LogP contribution in [-0.2, 0) is 9.59 Å². The van der Waals surface area contributed by atoms with Crippen LogP contribution in [0, 0.1) is 11.2 Å². The third-order valence-corrected chi connectivity index (χ3v) is 6.44. The van der Waals surface area contributed by atoms with Crippen molar-refractivity contribution in [2.45, 2.75) is 39.0 Å². The van der Waals surface area contributed by atoms with Crippen LogP contribution in [0.1, 0.15) is 44.6 Å². The van der Waals surface area contributed by atoms with E-state index in [1.165, 1.54) is 11.0 Å². The van der Waals surface area contributed by atoms with Crippen molar-refractivity contribution < 1.29 is 14.0 Å². The van der Waals surface area contributed by atoms with Gasteiger partial charge in [-0.2, -0.15) is 0 Å². The second-order valence-corrected chi connectivity index (χ2v) is 9.31. The number of amides is 1. The van der Waals surface area contributed by atoms with Crippen molar-refractivity contribution in [2.24, 2.45) is 5.41 Å². The number of carbonyl (C=O) groups excluding carboxylic acids is 2. The summed E-state index contributed by atoms with van der Waals surface area (Å²) in [5.41, 5.74) is 2.24. The number of para-hydroxylation sites is 1. The molecular weight excluding hydrogens is 389 g/mol. The van der Waals surface area contributed by atoms with Gasteiger partial charge in [0.1, 0.15) is 5.82 Å². The van der Waals surface area contributed by atoms with Crippen molar-refractivity contribution in [3.8, 4) is 0 Å². The van der Waals surface area contributed by atoms with E-state index in [1.807, 2.05) is 56.3 Å². The summed E-state index contributed by atoms with van der Waals surface area (Å²) in [6, 6.07) is 20.4. The SMILES string of the molecule is CC1(C)CC(=O)C2=C(C1)N(c1ccccc1F)C(=O)CC2c1cccc2ccccc12. The van der Waals surface area contributed by atoms with E-state index >= 15 is 0 Å². The number of anilines is 1. The topological polar surface area (TPSA) is 37.4 Å². The Bertz CT molecular complexity index is 1250. The minimum Gasteiger partial charge on any atom is -0.294 e. The van der Waals surface area contributed by atoms with Gasteiger partial charge in [0.05, 0.1) is 5.69 Å². The Labute approximate surface area is 181 Å². The van der Waals surface area contributed by atoms with Gasteiger partial charge >= 0.3 is 0 Å². The van der Waals surface area contributed by atoms with Crippen LogP contribution in [0.25, 0.3) is 10.8 Å². The standard InChI is InChI=1S/C27H24FNO2/c1-27(2)15-23-26(24(30)16-27)20(19-11-7-9-17-8-3-4-10-18(17)19)14-25(31)29(23)22-13-6-5-12-21(22)28/h3-13,20H,14-16H2,1-2H3. The highest BCUT2D eigenvalue weighted by Gasteiger charge is 2.45. The van der Waals surface area contributed by atoms with Crippen molar-refractivity contribution in [3.63, 3.8) is 0 Å². The fourth-order valence-electron chi connectivity index (χ4n) is 5.15. The third-order valence-electron chi connectivity index (χ3n) is 6.44. The zero-order valence-electron chi connectivity index (χ0n) is 17.7.